The molecule has 2 aromatic rings. The summed E-state index contributed by atoms with van der Waals surface area (Å²) in [4.78, 5) is 23.9. The molecule has 1 amide bonds. The van der Waals surface area contributed by atoms with Crippen LogP contribution in [0.2, 0.25) is 5.02 Å². The van der Waals surface area contributed by atoms with Crippen molar-refractivity contribution in [1.82, 2.24) is 5.32 Å². The van der Waals surface area contributed by atoms with Crippen molar-refractivity contribution in [3.8, 4) is 11.5 Å². The minimum absolute atomic E-state index is 0.165. The molecular formula is C21H24ClNO5. The number of halogens is 1. The maximum absolute atomic E-state index is 12.1. The van der Waals surface area contributed by atoms with Crippen LogP contribution >= 0.6 is 11.6 Å². The Kier molecular flexibility index (Phi) is 8.62. The minimum Gasteiger partial charge on any atom is -0.497 e. The number of methoxy groups -OCH3 is 1. The second-order valence-electron chi connectivity index (χ2n) is 6.07. The molecule has 1 N–H and O–H groups in total. The van der Waals surface area contributed by atoms with Crippen LogP contribution in [0.15, 0.2) is 48.5 Å². The van der Waals surface area contributed by atoms with Gasteiger partial charge < -0.3 is 19.5 Å². The molecule has 0 saturated heterocycles. The van der Waals surface area contributed by atoms with Crippen molar-refractivity contribution in [3.05, 3.63) is 59.1 Å². The highest BCUT2D eigenvalue weighted by atomic mass is 35.5. The lowest BCUT2D eigenvalue weighted by Gasteiger charge is -2.14. The van der Waals surface area contributed by atoms with Crippen molar-refractivity contribution in [1.29, 1.82) is 0 Å². The van der Waals surface area contributed by atoms with Gasteiger partial charge >= 0.3 is 5.97 Å². The first-order valence-corrected chi connectivity index (χ1v) is 9.35. The number of hydrogen-bond donors (Lipinski definition) is 1. The van der Waals surface area contributed by atoms with E-state index in [1.165, 1.54) is 6.92 Å². The van der Waals surface area contributed by atoms with E-state index in [0.29, 0.717) is 23.8 Å². The summed E-state index contributed by atoms with van der Waals surface area (Å²) in [5.41, 5.74) is 0.798. The Morgan fingerprint density at radius 2 is 1.75 bits per heavy atom. The van der Waals surface area contributed by atoms with E-state index in [9.17, 15) is 9.59 Å². The average Bonchev–Trinajstić information content (AvgIpc) is 2.70. The molecule has 0 heterocycles. The van der Waals surface area contributed by atoms with Crippen LogP contribution < -0.4 is 14.8 Å². The fraction of sp³-hybridized carbons (Fsp3) is 0.333. The third-order valence-corrected chi connectivity index (χ3v) is 4.31. The van der Waals surface area contributed by atoms with Gasteiger partial charge in [-0.25, -0.2) is 0 Å². The molecule has 0 aromatic heterocycles. The number of carbonyl (C=O) groups excluding carboxylic acids is 2. The van der Waals surface area contributed by atoms with Gasteiger partial charge in [-0.15, -0.1) is 0 Å². The molecule has 0 saturated carbocycles. The molecule has 2 rings (SSSR count). The zero-order valence-electron chi connectivity index (χ0n) is 15.9. The van der Waals surface area contributed by atoms with Crippen molar-refractivity contribution in [2.45, 2.75) is 32.4 Å². The van der Waals surface area contributed by atoms with E-state index >= 15 is 0 Å². The highest BCUT2D eigenvalue weighted by Crippen LogP contribution is 2.17. The predicted octanol–water partition coefficient (Wildman–Crippen LogP) is 3.76. The Labute approximate surface area is 169 Å². The van der Waals surface area contributed by atoms with Crippen molar-refractivity contribution in [2.24, 2.45) is 0 Å². The van der Waals surface area contributed by atoms with Gasteiger partial charge in [-0.3, -0.25) is 9.59 Å². The molecule has 7 heteroatoms. The predicted molar refractivity (Wildman–Crippen MR) is 107 cm³/mol. The largest absolute Gasteiger partial charge is 0.497 e. The van der Waals surface area contributed by atoms with E-state index < -0.39 is 12.1 Å². The van der Waals surface area contributed by atoms with E-state index in [-0.39, 0.29) is 18.9 Å². The summed E-state index contributed by atoms with van der Waals surface area (Å²) in [6, 6.07) is 14.4. The van der Waals surface area contributed by atoms with E-state index in [1.54, 1.807) is 37.4 Å². The number of benzene rings is 2. The summed E-state index contributed by atoms with van der Waals surface area (Å²) in [6.07, 6.45) is -0.227. The van der Waals surface area contributed by atoms with Crippen LogP contribution in [0.25, 0.3) is 0 Å². The van der Waals surface area contributed by atoms with E-state index in [1.807, 2.05) is 18.2 Å². The zero-order valence-corrected chi connectivity index (χ0v) is 16.7. The van der Waals surface area contributed by atoms with E-state index in [0.717, 1.165) is 11.3 Å². The number of amides is 1. The SMILES string of the molecule is COc1ccc(OCCCC(=O)O[C@H](C)C(=O)NCc2ccccc2Cl)cc1. The smallest absolute Gasteiger partial charge is 0.306 e. The van der Waals surface area contributed by atoms with Gasteiger partial charge in [0.15, 0.2) is 6.10 Å². The highest BCUT2D eigenvalue weighted by Gasteiger charge is 2.17. The maximum atomic E-state index is 12.1. The highest BCUT2D eigenvalue weighted by molar-refractivity contribution is 6.31. The first-order chi connectivity index (χ1) is 13.5. The molecule has 0 fully saturated rings. The van der Waals surface area contributed by atoms with Crippen LogP contribution in [0.3, 0.4) is 0 Å². The summed E-state index contributed by atoms with van der Waals surface area (Å²) in [6.45, 7) is 2.18. The Morgan fingerprint density at radius 3 is 2.43 bits per heavy atom. The van der Waals surface area contributed by atoms with Crippen LogP contribution in [0.5, 0.6) is 11.5 Å². The molecule has 0 bridgehead atoms. The van der Waals surface area contributed by atoms with E-state index in [4.69, 9.17) is 25.8 Å². The van der Waals surface area contributed by atoms with Gasteiger partial charge in [0.25, 0.3) is 5.91 Å². The van der Waals surface area contributed by atoms with Crippen LogP contribution in [-0.4, -0.2) is 31.7 Å². The normalized spacial score (nSPS) is 11.4. The van der Waals surface area contributed by atoms with Crippen LogP contribution in [0, 0.1) is 0 Å². The topological polar surface area (TPSA) is 73.9 Å². The number of esters is 1. The van der Waals surface area contributed by atoms with Gasteiger partial charge in [0.05, 0.1) is 13.7 Å². The average molecular weight is 406 g/mol. The summed E-state index contributed by atoms with van der Waals surface area (Å²) in [7, 11) is 1.60. The molecular weight excluding hydrogens is 382 g/mol. The van der Waals surface area contributed by atoms with Gasteiger partial charge in [0.2, 0.25) is 0 Å². The quantitative estimate of drug-likeness (QED) is 0.481. The van der Waals surface area contributed by atoms with Gasteiger partial charge in [-0.05, 0) is 49.2 Å². The third-order valence-electron chi connectivity index (χ3n) is 3.94. The number of rotatable bonds is 10. The lowest BCUT2D eigenvalue weighted by Crippen LogP contribution is -2.35. The molecule has 6 nitrogen and oxygen atoms in total. The number of ether oxygens (including phenoxy) is 3. The Bertz CT molecular complexity index is 779. The standard InChI is InChI=1S/C21H24ClNO5/c1-15(21(25)23-14-16-6-3-4-7-19(16)22)28-20(24)8-5-13-27-18-11-9-17(26-2)10-12-18/h3-4,6-7,9-12,15H,5,8,13-14H2,1-2H3,(H,23,25)/t15-/m1/s1. The van der Waals surface area contributed by atoms with Crippen molar-refractivity contribution in [2.75, 3.05) is 13.7 Å². The van der Waals surface area contributed by atoms with Gasteiger partial charge in [-0.1, -0.05) is 29.8 Å². The van der Waals surface area contributed by atoms with Crippen LogP contribution in [0.1, 0.15) is 25.3 Å². The first kappa shape index (κ1) is 21.6. The van der Waals surface area contributed by atoms with Gasteiger partial charge in [-0.2, -0.15) is 0 Å². The monoisotopic (exact) mass is 405 g/mol. The molecule has 0 unspecified atom stereocenters. The van der Waals surface area contributed by atoms with Crippen molar-refractivity contribution >= 4 is 23.5 Å². The van der Waals surface area contributed by atoms with E-state index in [2.05, 4.69) is 5.32 Å². The molecule has 0 aliphatic carbocycles. The second-order valence-corrected chi connectivity index (χ2v) is 6.48. The maximum Gasteiger partial charge on any atom is 0.306 e. The molecule has 0 aliphatic heterocycles. The van der Waals surface area contributed by atoms with Crippen LogP contribution in [-0.2, 0) is 20.9 Å². The molecule has 0 aliphatic rings. The van der Waals surface area contributed by atoms with Crippen LogP contribution in [0.4, 0.5) is 0 Å². The molecule has 2 aromatic carbocycles. The lowest BCUT2D eigenvalue weighted by molar-refractivity contribution is -0.155. The fourth-order valence-corrected chi connectivity index (χ4v) is 2.56. The minimum atomic E-state index is -0.877. The van der Waals surface area contributed by atoms with Gasteiger partial charge in [0, 0.05) is 18.0 Å². The molecule has 0 spiro atoms. The lowest BCUT2D eigenvalue weighted by atomic mass is 10.2. The first-order valence-electron chi connectivity index (χ1n) is 8.97. The second kappa shape index (κ2) is 11.2. The fourth-order valence-electron chi connectivity index (χ4n) is 2.36. The third kappa shape index (κ3) is 7.12. The summed E-state index contributed by atoms with van der Waals surface area (Å²) in [5, 5.41) is 3.28. The summed E-state index contributed by atoms with van der Waals surface area (Å²) in [5.74, 6) is 0.626. The zero-order chi connectivity index (χ0) is 20.4. The number of nitrogens with one attached hydrogen (secondary N) is 1. The van der Waals surface area contributed by atoms with Crippen molar-refractivity contribution in [3.63, 3.8) is 0 Å². The molecule has 28 heavy (non-hydrogen) atoms. The number of carbonyl (C=O) groups is 2. The Morgan fingerprint density at radius 1 is 1.07 bits per heavy atom. The van der Waals surface area contributed by atoms with Crippen molar-refractivity contribution < 1.29 is 23.8 Å². The summed E-state index contributed by atoms with van der Waals surface area (Å²) >= 11 is 6.05. The Balaban J connectivity index is 1.64. The summed E-state index contributed by atoms with van der Waals surface area (Å²) < 4.78 is 15.8. The van der Waals surface area contributed by atoms with Gasteiger partial charge in [0.1, 0.15) is 11.5 Å². The molecule has 150 valence electrons. The molecule has 1 atom stereocenters. The number of hydrogen-bond acceptors (Lipinski definition) is 5. The molecule has 0 radical (unpaired) electrons. The Hall–Kier alpha value is -2.73.